The zero-order valence-corrected chi connectivity index (χ0v) is 32.1. The van der Waals surface area contributed by atoms with Crippen LogP contribution in [0, 0.1) is 11.8 Å². The molecule has 12 heteroatoms. The zero-order valence-electron chi connectivity index (χ0n) is 30.5. The largest absolute Gasteiger partial charge is 0.455 e. The number of alkyl halides is 1. The summed E-state index contributed by atoms with van der Waals surface area (Å²) in [6.45, 7) is 14.9. The molecule has 11 nitrogen and oxygen atoms in total. The second kappa shape index (κ2) is 16.8. The van der Waals surface area contributed by atoms with Crippen LogP contribution in [0.15, 0.2) is 79.9 Å². The molecule has 3 aliphatic rings. The van der Waals surface area contributed by atoms with Gasteiger partial charge in [0, 0.05) is 55.8 Å². The fraction of sp³-hybridized carbons (Fsp3) is 0.500. The van der Waals surface area contributed by atoms with Crippen LogP contribution in [0.3, 0.4) is 0 Å². The lowest BCUT2D eigenvalue weighted by Crippen LogP contribution is -2.57. The first kappa shape index (κ1) is 39.2. The third-order valence-electron chi connectivity index (χ3n) is 10.9. The molecule has 0 saturated carbocycles. The fourth-order valence-corrected chi connectivity index (χ4v) is 9.12. The lowest BCUT2D eigenvalue weighted by molar-refractivity contribution is -0.164. The van der Waals surface area contributed by atoms with Crippen molar-refractivity contribution < 1.29 is 33.8 Å². The van der Waals surface area contributed by atoms with Crippen molar-refractivity contribution in [1.82, 2.24) is 9.80 Å². The number of carbonyl (C=O) groups excluding carboxylic acids is 4. The van der Waals surface area contributed by atoms with Crippen molar-refractivity contribution >= 4 is 51.0 Å². The Hall–Kier alpha value is -4.00. The number of ether oxygens (including phenoxy) is 2. The SMILES string of the molecule is C=CCCC(=O)N(C)[C@H](C)[C@H](OC(=O)[C@H]1[C@@H]2O[C@@]3(CC2Br)[C@@H]1C(=O)N(CCO)[C@@H]3C(=O)N(CC=C)c1ccc(N(CC)CC)cc1)c1ccccc1. The Labute approximate surface area is 315 Å². The van der Waals surface area contributed by atoms with Gasteiger partial charge in [0.15, 0.2) is 0 Å². The molecule has 3 aliphatic heterocycles. The molecule has 3 heterocycles. The summed E-state index contributed by atoms with van der Waals surface area (Å²) in [5.41, 5.74) is 0.994. The van der Waals surface area contributed by atoms with Crippen molar-refractivity contribution in [3.8, 4) is 0 Å². The summed E-state index contributed by atoms with van der Waals surface area (Å²) in [6.07, 6.45) is 2.81. The number of nitrogens with zero attached hydrogens (tertiary/aromatic N) is 4. The molecule has 2 aromatic rings. The van der Waals surface area contributed by atoms with Gasteiger partial charge in [-0.05, 0) is 63.4 Å². The number of carbonyl (C=O) groups is 4. The summed E-state index contributed by atoms with van der Waals surface area (Å²) >= 11 is 3.73. The van der Waals surface area contributed by atoms with Crippen LogP contribution in [-0.2, 0) is 28.7 Å². The zero-order chi connectivity index (χ0) is 37.7. The molecule has 0 aromatic heterocycles. The van der Waals surface area contributed by atoms with Gasteiger partial charge in [0.25, 0.3) is 5.91 Å². The van der Waals surface area contributed by atoms with Crippen LogP contribution in [0.5, 0.6) is 0 Å². The van der Waals surface area contributed by atoms with Crippen LogP contribution >= 0.6 is 15.9 Å². The number of likely N-dealkylation sites (tertiary alicyclic amines) is 1. The number of aliphatic hydroxyl groups is 1. The number of benzene rings is 2. The minimum atomic E-state index is -1.35. The molecule has 1 spiro atoms. The fourth-order valence-electron chi connectivity index (χ4n) is 8.18. The maximum Gasteiger partial charge on any atom is 0.313 e. The number of rotatable bonds is 17. The topological polar surface area (TPSA) is 120 Å². The Morgan fingerprint density at radius 3 is 2.33 bits per heavy atom. The number of halogens is 1. The molecule has 1 N–H and O–H groups in total. The summed E-state index contributed by atoms with van der Waals surface area (Å²) < 4.78 is 13.0. The number of anilines is 2. The predicted molar refractivity (Wildman–Crippen MR) is 204 cm³/mol. The number of esters is 1. The highest BCUT2D eigenvalue weighted by atomic mass is 79.9. The summed E-state index contributed by atoms with van der Waals surface area (Å²) in [5.74, 6) is -3.64. The van der Waals surface area contributed by atoms with Crippen LogP contribution in [-0.4, -0.2) is 107 Å². The third-order valence-corrected chi connectivity index (χ3v) is 11.7. The van der Waals surface area contributed by atoms with E-state index in [1.807, 2.05) is 61.5 Å². The van der Waals surface area contributed by atoms with E-state index < -0.39 is 53.6 Å². The summed E-state index contributed by atoms with van der Waals surface area (Å²) in [5, 5.41) is 10.1. The summed E-state index contributed by atoms with van der Waals surface area (Å²) in [7, 11) is 1.68. The van der Waals surface area contributed by atoms with E-state index in [4.69, 9.17) is 9.47 Å². The third kappa shape index (κ3) is 7.17. The van der Waals surface area contributed by atoms with E-state index in [0.717, 1.165) is 18.8 Å². The average Bonchev–Trinajstić information content (AvgIpc) is 3.75. The highest BCUT2D eigenvalue weighted by Gasteiger charge is 2.77. The molecule has 2 bridgehead atoms. The lowest BCUT2D eigenvalue weighted by Gasteiger charge is -2.37. The van der Waals surface area contributed by atoms with Crippen molar-refractivity contribution in [1.29, 1.82) is 0 Å². The first-order valence-corrected chi connectivity index (χ1v) is 19.0. The maximum absolute atomic E-state index is 14.8. The number of hydrogen-bond donors (Lipinski definition) is 1. The number of amides is 3. The first-order valence-electron chi connectivity index (χ1n) is 18.1. The highest BCUT2D eigenvalue weighted by molar-refractivity contribution is 9.09. The van der Waals surface area contributed by atoms with Crippen molar-refractivity contribution in [2.75, 3.05) is 49.6 Å². The quantitative estimate of drug-likeness (QED) is 0.137. The van der Waals surface area contributed by atoms with Crippen LogP contribution in [0.25, 0.3) is 0 Å². The molecule has 1 unspecified atom stereocenters. The lowest BCUT2D eigenvalue weighted by atomic mass is 9.70. The van der Waals surface area contributed by atoms with Gasteiger partial charge >= 0.3 is 5.97 Å². The molecule has 52 heavy (non-hydrogen) atoms. The smallest absolute Gasteiger partial charge is 0.313 e. The molecule has 3 fully saturated rings. The minimum Gasteiger partial charge on any atom is -0.455 e. The number of hydrogen-bond acceptors (Lipinski definition) is 8. The average molecular weight is 780 g/mol. The van der Waals surface area contributed by atoms with E-state index in [0.29, 0.717) is 24.1 Å². The van der Waals surface area contributed by atoms with Crippen LogP contribution in [0.4, 0.5) is 11.4 Å². The second-order valence-corrected chi connectivity index (χ2v) is 14.9. The van der Waals surface area contributed by atoms with E-state index in [2.05, 4.69) is 47.8 Å². The van der Waals surface area contributed by atoms with Crippen LogP contribution in [0.2, 0.25) is 0 Å². The van der Waals surface area contributed by atoms with Crippen molar-refractivity contribution in [2.45, 2.75) is 74.8 Å². The Morgan fingerprint density at radius 2 is 1.73 bits per heavy atom. The standard InChI is InChI=1S/C40H51BrN4O7/c1-7-11-17-31(47)42(6)26(5)34(27-15-13-12-14-16-27)51-39(50)32-33-37(48)45(23-24-46)36(40(33)25-30(41)35(32)52-40)38(49)44(22-8-2)29-20-18-28(19-21-29)43(9-3)10-4/h7-8,12-16,18-21,26,30,32-36,46H,1-2,9-11,17,22-25H2,3-6H3/t26-,30?,32-,33+,34+,35-,36-,40+/m1/s1. The predicted octanol–water partition coefficient (Wildman–Crippen LogP) is 4.89. The molecule has 0 aliphatic carbocycles. The van der Waals surface area contributed by atoms with E-state index in [1.165, 1.54) is 4.90 Å². The van der Waals surface area contributed by atoms with Crippen molar-refractivity contribution in [3.05, 3.63) is 85.5 Å². The molecule has 280 valence electrons. The molecule has 0 radical (unpaired) electrons. The number of β-amino-alcohol motifs (C(OH)–C–C–N with tert-alkyl or cyclic N) is 1. The van der Waals surface area contributed by atoms with Crippen LogP contribution in [0.1, 0.15) is 51.7 Å². The molecule has 5 rings (SSSR count). The highest BCUT2D eigenvalue weighted by Crippen LogP contribution is 2.60. The Kier molecular flexibility index (Phi) is 12.6. The maximum atomic E-state index is 14.8. The van der Waals surface area contributed by atoms with E-state index >= 15 is 0 Å². The Bertz CT molecular complexity index is 1620. The van der Waals surface area contributed by atoms with Crippen molar-refractivity contribution in [2.24, 2.45) is 11.8 Å². The number of likely N-dealkylation sites (N-methyl/N-ethyl adjacent to an activating group) is 1. The molecule has 3 amide bonds. The Balaban J connectivity index is 1.49. The van der Waals surface area contributed by atoms with Gasteiger partial charge < -0.3 is 34.2 Å². The molecule has 2 aromatic carbocycles. The van der Waals surface area contributed by atoms with Gasteiger partial charge in [0.05, 0.1) is 30.6 Å². The first-order chi connectivity index (χ1) is 25.0. The molecule has 8 atom stereocenters. The van der Waals surface area contributed by atoms with Gasteiger partial charge in [-0.25, -0.2) is 0 Å². The number of allylic oxidation sites excluding steroid dienone is 1. The molecular formula is C40H51BrN4O7. The second-order valence-electron chi connectivity index (χ2n) is 13.7. The van der Waals surface area contributed by atoms with Gasteiger partial charge in [0.2, 0.25) is 11.8 Å². The van der Waals surface area contributed by atoms with E-state index in [9.17, 15) is 24.3 Å². The van der Waals surface area contributed by atoms with Gasteiger partial charge in [-0.2, -0.15) is 0 Å². The van der Waals surface area contributed by atoms with Gasteiger partial charge in [-0.3, -0.25) is 19.2 Å². The number of fused-ring (bicyclic) bond motifs is 1. The normalized spacial score (nSPS) is 25.6. The summed E-state index contributed by atoms with van der Waals surface area (Å²) in [6, 6.07) is 15.2. The van der Waals surface area contributed by atoms with Crippen molar-refractivity contribution in [3.63, 3.8) is 0 Å². The van der Waals surface area contributed by atoms with E-state index in [1.54, 1.807) is 29.0 Å². The molecule has 3 saturated heterocycles. The van der Waals surface area contributed by atoms with E-state index in [-0.39, 0.29) is 42.8 Å². The van der Waals surface area contributed by atoms with Gasteiger partial charge in [-0.15, -0.1) is 13.2 Å². The van der Waals surface area contributed by atoms with Crippen LogP contribution < -0.4 is 9.80 Å². The monoisotopic (exact) mass is 778 g/mol. The number of aliphatic hydroxyl groups excluding tert-OH is 1. The van der Waals surface area contributed by atoms with Gasteiger partial charge in [0.1, 0.15) is 17.7 Å². The summed E-state index contributed by atoms with van der Waals surface area (Å²) in [4.78, 5) is 63.1. The molecular weight excluding hydrogens is 728 g/mol. The van der Waals surface area contributed by atoms with Gasteiger partial charge in [-0.1, -0.05) is 58.4 Å². The minimum absolute atomic E-state index is 0.111. The Morgan fingerprint density at radius 1 is 1.08 bits per heavy atom.